The second-order valence-corrected chi connectivity index (χ2v) is 23.4. The Balaban J connectivity index is 0.000000178. The van der Waals surface area contributed by atoms with Crippen molar-refractivity contribution >= 4 is 73.6 Å². The number of hydrogen-bond donors (Lipinski definition) is 3. The van der Waals surface area contributed by atoms with E-state index in [9.17, 15) is 51.7 Å². The Bertz CT molecular complexity index is 5180. The van der Waals surface area contributed by atoms with Crippen molar-refractivity contribution in [1.29, 1.82) is 0 Å². The number of phenols is 1. The van der Waals surface area contributed by atoms with Gasteiger partial charge in [0.05, 0.1) is 56.4 Å². The predicted molar refractivity (Wildman–Crippen MR) is 374 cm³/mol. The molecule has 0 aliphatic rings. The molecule has 0 aliphatic carbocycles. The lowest BCUT2D eigenvalue weighted by atomic mass is 9.91. The first-order valence-corrected chi connectivity index (χ1v) is 31.6. The minimum atomic E-state index is -0.941. The van der Waals surface area contributed by atoms with Gasteiger partial charge in [0.15, 0.2) is 23.0 Å². The highest BCUT2D eigenvalue weighted by atomic mass is 19.1. The molecule has 0 unspecified atom stereocenters. The maximum Gasteiger partial charge on any atom is 0.404 e. The number of carbonyl (C=O) groups excluding carboxylic acids is 5. The number of nitrogens with zero attached hydrogens (tertiary/aromatic N) is 4. The number of aromatic hydroxyl groups is 1. The van der Waals surface area contributed by atoms with Gasteiger partial charge in [-0.2, -0.15) is 0 Å². The molecule has 0 saturated carbocycles. The van der Waals surface area contributed by atoms with Crippen LogP contribution in [0.15, 0.2) is 170 Å². The number of phenolic OH excluding ortho intramolecular Hbond substituents is 1. The van der Waals surface area contributed by atoms with Gasteiger partial charge in [-0.15, -0.1) is 0 Å². The number of halogens is 4. The lowest BCUT2D eigenvalue weighted by molar-refractivity contribution is 0.0588. The summed E-state index contributed by atoms with van der Waals surface area (Å²) in [7, 11) is 9.35. The Kier molecular flexibility index (Phi) is 23.5. The van der Waals surface area contributed by atoms with Crippen LogP contribution in [-0.2, 0) is 69.0 Å². The van der Waals surface area contributed by atoms with Crippen LogP contribution in [0.1, 0.15) is 108 Å². The van der Waals surface area contributed by atoms with Gasteiger partial charge in [-0.25, -0.2) is 41.5 Å². The summed E-state index contributed by atoms with van der Waals surface area (Å²) in [6, 6.07) is 38.6. The lowest BCUT2D eigenvalue weighted by Gasteiger charge is -2.17. The highest BCUT2D eigenvalue weighted by Gasteiger charge is 2.26. The average Bonchev–Trinajstić information content (AvgIpc) is 0.771. The van der Waals surface area contributed by atoms with Crippen LogP contribution in [0.3, 0.4) is 0 Å². The van der Waals surface area contributed by atoms with Crippen LogP contribution >= 0.6 is 0 Å². The molecule has 103 heavy (non-hydrogen) atoms. The number of carbonyl (C=O) groups is 5. The summed E-state index contributed by atoms with van der Waals surface area (Å²) in [6.07, 6.45) is 7.82. The van der Waals surface area contributed by atoms with Crippen LogP contribution in [0.2, 0.25) is 0 Å². The quantitative estimate of drug-likeness (QED) is 0.0363. The topological polar surface area (TPSA) is 277 Å². The Morgan fingerprint density at radius 2 is 0.631 bits per heavy atom. The molecule has 0 radical (unpaired) electrons. The second-order valence-electron chi connectivity index (χ2n) is 23.4. The van der Waals surface area contributed by atoms with Gasteiger partial charge in [-0.1, -0.05) is 48.5 Å². The number of pyridine rings is 4. The maximum absolute atomic E-state index is 13.6. The molecule has 0 spiro atoms. The molecule has 8 aromatic carbocycles. The number of rotatable bonds is 20. The van der Waals surface area contributed by atoms with E-state index in [1.54, 1.807) is 91.5 Å². The van der Waals surface area contributed by atoms with E-state index in [1.165, 1.54) is 104 Å². The molecule has 0 saturated heterocycles. The predicted octanol–water partition coefficient (Wildman–Crippen LogP) is 13.7. The molecule has 0 bridgehead atoms. The van der Waals surface area contributed by atoms with E-state index in [4.69, 9.17) is 43.6 Å². The summed E-state index contributed by atoms with van der Waals surface area (Å²) < 4.78 is 94.3. The van der Waals surface area contributed by atoms with E-state index >= 15 is 0 Å². The molecule has 4 N–H and O–H groups in total. The van der Waals surface area contributed by atoms with Gasteiger partial charge >= 0.3 is 30.0 Å². The number of hydrogen-bond acceptors (Lipinski definition) is 19. The van der Waals surface area contributed by atoms with Crippen molar-refractivity contribution in [1.82, 2.24) is 19.9 Å². The zero-order valence-corrected chi connectivity index (χ0v) is 56.7. The van der Waals surface area contributed by atoms with Crippen molar-refractivity contribution < 1.29 is 89.6 Å². The number of methoxy groups -OCH3 is 7. The number of amides is 1. The average molecular weight is 1400 g/mol. The SMILES string of the molecule is COC(=O)c1cc(CO)c2cc(Cc3ccc(F)cc3)cnc2c1OC.COC(=O)c1cc(COC(N)=O)c2cc(Cc3ccc(F)cc3)cnc2c1OC.COC(=O)c1cc(Cc2cc(C(=O)OC)c(OC)c3ncc(Cc4ccc(F)cc4)cc23)c2cc(Cc3ccc(F)cc3)cnc2c1O. The van der Waals surface area contributed by atoms with E-state index in [0.717, 1.165) is 44.5 Å². The number of aromatic nitrogens is 4. The molecule has 4 heterocycles. The minimum absolute atomic E-state index is 0.0695. The molecular formula is C79H67F4N5O15. The number of benzene rings is 8. The van der Waals surface area contributed by atoms with Crippen molar-refractivity contribution in [2.45, 2.75) is 45.3 Å². The van der Waals surface area contributed by atoms with Crippen molar-refractivity contribution in [3.63, 3.8) is 0 Å². The Hall–Kier alpha value is -12.6. The summed E-state index contributed by atoms with van der Waals surface area (Å²) in [6.45, 7) is -0.409. The van der Waals surface area contributed by atoms with E-state index < -0.39 is 30.0 Å². The third-order valence-corrected chi connectivity index (χ3v) is 16.7. The van der Waals surface area contributed by atoms with Gasteiger partial charge in [0.25, 0.3) is 0 Å². The second kappa shape index (κ2) is 33.1. The standard InChI is InChI=1S/C38H30F2N2O6.C21H19FN2O5.C20H18FNO4/c1-46-36-32(38(45)48-3)18-26(30-15-24(20-42-34(30)36)13-22-6-10-28(40)11-7-22)16-25-17-31(37(44)47-2)35(43)33-29(25)14-23(19-41-33)12-21-4-8-27(39)9-5-21;1-27-19-17(20(25)28-2)9-14(11-29-21(23)26)16-8-13(10-24-18(16)19)7-12-3-5-15(22)6-4-12;1-25-19-17(20(24)26-2)9-14(11-23)16-8-13(10-22-18(16)19)7-12-3-5-15(21)6-4-12/h4-11,14-15,17-20,43H,12-13,16H2,1-3H3;3-6,8-10H,7,11H2,1-2H3,(H2,23,26);3-6,8-10,23H,7,11H2,1-2H3. The third kappa shape index (κ3) is 17.0. The monoisotopic (exact) mass is 1400 g/mol. The molecule has 0 aliphatic heterocycles. The van der Waals surface area contributed by atoms with Gasteiger partial charge in [-0.3, -0.25) is 19.9 Å². The zero-order valence-electron chi connectivity index (χ0n) is 56.7. The third-order valence-electron chi connectivity index (χ3n) is 16.7. The number of aliphatic hydroxyl groups excluding tert-OH is 1. The van der Waals surface area contributed by atoms with Gasteiger partial charge in [0, 0.05) is 46.3 Å². The molecule has 0 fully saturated rings. The van der Waals surface area contributed by atoms with Crippen molar-refractivity contribution in [2.75, 3.05) is 49.8 Å². The van der Waals surface area contributed by atoms with E-state index in [-0.39, 0.29) is 87.9 Å². The Morgan fingerprint density at radius 1 is 0.359 bits per heavy atom. The largest absolute Gasteiger partial charge is 0.505 e. The van der Waals surface area contributed by atoms with Crippen LogP contribution in [0.25, 0.3) is 43.6 Å². The van der Waals surface area contributed by atoms with Gasteiger partial charge < -0.3 is 53.8 Å². The van der Waals surface area contributed by atoms with Crippen molar-refractivity contribution in [2.24, 2.45) is 5.73 Å². The maximum atomic E-state index is 13.6. The molecule has 12 rings (SSSR count). The molecule has 0 atom stereocenters. The van der Waals surface area contributed by atoms with Gasteiger partial charge in [0.1, 0.15) is 74.2 Å². The minimum Gasteiger partial charge on any atom is -0.505 e. The van der Waals surface area contributed by atoms with Crippen molar-refractivity contribution in [3.05, 3.63) is 283 Å². The van der Waals surface area contributed by atoms with E-state index in [1.807, 2.05) is 24.3 Å². The fourth-order valence-corrected chi connectivity index (χ4v) is 11.8. The number of ether oxygens (including phenoxy) is 8. The first-order valence-electron chi connectivity index (χ1n) is 31.6. The molecule has 24 heteroatoms. The van der Waals surface area contributed by atoms with Crippen LogP contribution in [-0.4, -0.2) is 110 Å². The van der Waals surface area contributed by atoms with Crippen LogP contribution in [0.4, 0.5) is 22.4 Å². The summed E-state index contributed by atoms with van der Waals surface area (Å²) in [5, 5.41) is 23.4. The van der Waals surface area contributed by atoms with Gasteiger partial charge in [0.2, 0.25) is 0 Å². The van der Waals surface area contributed by atoms with Crippen molar-refractivity contribution in [3.8, 4) is 23.0 Å². The van der Waals surface area contributed by atoms with E-state index in [0.29, 0.717) is 91.8 Å². The fraction of sp³-hybridized carbons (Fsp3) is 0.177. The van der Waals surface area contributed by atoms with Crippen LogP contribution in [0, 0.1) is 23.3 Å². The van der Waals surface area contributed by atoms with Gasteiger partial charge in [-0.05, 0) is 196 Å². The summed E-state index contributed by atoms with van der Waals surface area (Å²) in [4.78, 5) is 79.1. The number of aliphatic hydroxyl groups is 1. The smallest absolute Gasteiger partial charge is 0.404 e. The normalized spacial score (nSPS) is 10.9. The molecule has 12 aromatic rings. The highest BCUT2D eigenvalue weighted by Crippen LogP contribution is 2.39. The molecule has 1 amide bonds. The number of esters is 4. The number of fused-ring (bicyclic) bond motifs is 4. The summed E-state index contributed by atoms with van der Waals surface area (Å²) in [5.74, 6) is -3.34. The Morgan fingerprint density at radius 3 is 0.942 bits per heavy atom. The molecule has 20 nitrogen and oxygen atoms in total. The fourth-order valence-electron chi connectivity index (χ4n) is 11.8. The molecular weight excluding hydrogens is 1330 g/mol. The molecule has 4 aromatic heterocycles. The highest BCUT2D eigenvalue weighted by molar-refractivity contribution is 6.05. The van der Waals surface area contributed by atoms with E-state index in [2.05, 4.69) is 19.9 Å². The van der Waals surface area contributed by atoms with Crippen LogP contribution < -0.4 is 19.9 Å². The molecule has 526 valence electrons. The summed E-state index contributed by atoms with van der Waals surface area (Å²) >= 11 is 0. The zero-order chi connectivity index (χ0) is 73.6. The number of primary amides is 1. The first-order chi connectivity index (χ1) is 49.7. The number of nitrogens with two attached hydrogens (primary N) is 1. The van der Waals surface area contributed by atoms with Crippen LogP contribution in [0.5, 0.6) is 23.0 Å². The summed E-state index contributed by atoms with van der Waals surface area (Å²) in [5.41, 5.74) is 16.3. The lowest BCUT2D eigenvalue weighted by Crippen LogP contribution is -2.14. The Labute approximate surface area is 587 Å². The first kappa shape index (κ1) is 73.2.